The van der Waals surface area contributed by atoms with Crippen LogP contribution in [0.5, 0.6) is 11.5 Å². The molecule has 2 atom stereocenters. The molecule has 0 bridgehead atoms. The second kappa shape index (κ2) is 9.10. The summed E-state index contributed by atoms with van der Waals surface area (Å²) < 4.78 is 15.7. The first-order valence-corrected chi connectivity index (χ1v) is 8.34. The lowest BCUT2D eigenvalue weighted by molar-refractivity contribution is -0.159. The SMILES string of the molecule is COc1ccc(NC(=O)[C@@H](C)OC(=O)[C@H](C)Oc2ccc(Cl)cc2)cc1. The van der Waals surface area contributed by atoms with E-state index in [1.165, 1.54) is 6.92 Å². The molecule has 6 nitrogen and oxygen atoms in total. The first kappa shape index (κ1) is 19.6. The van der Waals surface area contributed by atoms with Gasteiger partial charge in [-0.15, -0.1) is 0 Å². The third kappa shape index (κ3) is 5.67. The van der Waals surface area contributed by atoms with Gasteiger partial charge in [-0.05, 0) is 62.4 Å². The van der Waals surface area contributed by atoms with Crippen molar-refractivity contribution in [1.82, 2.24) is 0 Å². The van der Waals surface area contributed by atoms with E-state index in [9.17, 15) is 9.59 Å². The van der Waals surface area contributed by atoms with E-state index < -0.39 is 24.1 Å². The highest BCUT2D eigenvalue weighted by molar-refractivity contribution is 6.30. The summed E-state index contributed by atoms with van der Waals surface area (Å²) in [4.78, 5) is 24.2. The molecule has 0 saturated heterocycles. The van der Waals surface area contributed by atoms with E-state index in [-0.39, 0.29) is 0 Å². The van der Waals surface area contributed by atoms with Crippen molar-refractivity contribution in [3.8, 4) is 11.5 Å². The Balaban J connectivity index is 1.86. The largest absolute Gasteiger partial charge is 0.497 e. The van der Waals surface area contributed by atoms with E-state index in [2.05, 4.69) is 5.32 Å². The maximum absolute atomic E-state index is 12.1. The van der Waals surface area contributed by atoms with Crippen LogP contribution in [0.3, 0.4) is 0 Å². The Bertz CT molecular complexity index is 746. The van der Waals surface area contributed by atoms with Crippen LogP contribution < -0.4 is 14.8 Å². The van der Waals surface area contributed by atoms with Gasteiger partial charge in [-0.25, -0.2) is 4.79 Å². The van der Waals surface area contributed by atoms with Crippen molar-refractivity contribution in [2.45, 2.75) is 26.1 Å². The van der Waals surface area contributed by atoms with Crippen molar-refractivity contribution in [2.24, 2.45) is 0 Å². The minimum atomic E-state index is -0.971. The number of nitrogens with one attached hydrogen (secondary N) is 1. The van der Waals surface area contributed by atoms with E-state index >= 15 is 0 Å². The number of carbonyl (C=O) groups excluding carboxylic acids is 2. The minimum absolute atomic E-state index is 0.442. The number of anilines is 1. The number of halogens is 1. The molecule has 1 amide bonds. The molecule has 2 aromatic rings. The summed E-state index contributed by atoms with van der Waals surface area (Å²) in [6, 6.07) is 13.4. The van der Waals surface area contributed by atoms with Crippen molar-refractivity contribution in [1.29, 1.82) is 0 Å². The van der Waals surface area contributed by atoms with Crippen LogP contribution in [-0.4, -0.2) is 31.2 Å². The number of rotatable bonds is 7. The van der Waals surface area contributed by atoms with E-state index in [4.69, 9.17) is 25.8 Å². The van der Waals surface area contributed by atoms with E-state index in [1.54, 1.807) is 62.6 Å². The van der Waals surface area contributed by atoms with Gasteiger partial charge in [-0.2, -0.15) is 0 Å². The van der Waals surface area contributed by atoms with Gasteiger partial charge in [0, 0.05) is 10.7 Å². The third-order valence-corrected chi connectivity index (χ3v) is 3.73. The predicted octanol–water partition coefficient (Wildman–Crippen LogP) is 3.69. The van der Waals surface area contributed by atoms with Gasteiger partial charge < -0.3 is 19.5 Å². The minimum Gasteiger partial charge on any atom is -0.497 e. The molecule has 0 aliphatic rings. The Labute approximate surface area is 157 Å². The quantitative estimate of drug-likeness (QED) is 0.745. The third-order valence-electron chi connectivity index (χ3n) is 3.48. The van der Waals surface area contributed by atoms with Crippen molar-refractivity contribution >= 4 is 29.2 Å². The normalized spacial score (nSPS) is 12.6. The van der Waals surface area contributed by atoms with Gasteiger partial charge in [0.15, 0.2) is 12.2 Å². The van der Waals surface area contributed by atoms with Crippen molar-refractivity contribution in [2.75, 3.05) is 12.4 Å². The molecule has 7 heteroatoms. The van der Waals surface area contributed by atoms with Crippen LogP contribution in [0, 0.1) is 0 Å². The Hall–Kier alpha value is -2.73. The number of ether oxygens (including phenoxy) is 3. The zero-order valence-corrected chi connectivity index (χ0v) is 15.4. The Morgan fingerprint density at radius 3 is 2.08 bits per heavy atom. The summed E-state index contributed by atoms with van der Waals surface area (Å²) in [5, 5.41) is 3.23. The molecule has 0 aliphatic heterocycles. The molecule has 0 fully saturated rings. The van der Waals surface area contributed by atoms with E-state index in [0.29, 0.717) is 22.2 Å². The molecule has 2 rings (SSSR count). The second-order valence-electron chi connectivity index (χ2n) is 5.51. The van der Waals surface area contributed by atoms with Crippen LogP contribution in [0.25, 0.3) is 0 Å². The van der Waals surface area contributed by atoms with Crippen LogP contribution >= 0.6 is 11.6 Å². The van der Waals surface area contributed by atoms with Crippen LogP contribution in [-0.2, 0) is 14.3 Å². The smallest absolute Gasteiger partial charge is 0.347 e. The van der Waals surface area contributed by atoms with Crippen molar-refractivity contribution < 1.29 is 23.8 Å². The summed E-state index contributed by atoms with van der Waals surface area (Å²) in [6.07, 6.45) is -1.84. The molecule has 0 aliphatic carbocycles. The standard InChI is InChI=1S/C19H20ClNO5/c1-12(18(22)21-15-6-10-16(24-3)11-7-15)26-19(23)13(2)25-17-8-4-14(20)5-9-17/h4-13H,1-3H3,(H,21,22)/t12-,13+/m1/s1. The number of hydrogen-bond acceptors (Lipinski definition) is 5. The molecule has 0 aromatic heterocycles. The van der Waals surface area contributed by atoms with Crippen LogP contribution in [0.2, 0.25) is 5.02 Å². The molecule has 0 spiro atoms. The molecule has 0 radical (unpaired) electrons. The predicted molar refractivity (Wildman–Crippen MR) is 98.7 cm³/mol. The average molecular weight is 378 g/mol. The molecule has 0 unspecified atom stereocenters. The lowest BCUT2D eigenvalue weighted by atomic mass is 10.3. The zero-order chi connectivity index (χ0) is 19.1. The van der Waals surface area contributed by atoms with Gasteiger partial charge in [0.1, 0.15) is 11.5 Å². The number of amides is 1. The van der Waals surface area contributed by atoms with Gasteiger partial charge in [-0.1, -0.05) is 11.6 Å². The first-order valence-electron chi connectivity index (χ1n) is 7.96. The van der Waals surface area contributed by atoms with Crippen LogP contribution in [0.4, 0.5) is 5.69 Å². The zero-order valence-electron chi connectivity index (χ0n) is 14.7. The molecular formula is C19H20ClNO5. The fraction of sp³-hybridized carbons (Fsp3) is 0.263. The number of carbonyl (C=O) groups is 2. The molecule has 0 saturated carbocycles. The topological polar surface area (TPSA) is 73.9 Å². The average Bonchev–Trinajstić information content (AvgIpc) is 2.64. The Morgan fingerprint density at radius 1 is 0.923 bits per heavy atom. The summed E-state index contributed by atoms with van der Waals surface area (Å²) in [6.45, 7) is 3.04. The fourth-order valence-corrected chi connectivity index (χ4v) is 2.13. The Morgan fingerprint density at radius 2 is 1.50 bits per heavy atom. The number of benzene rings is 2. The fourth-order valence-electron chi connectivity index (χ4n) is 2.01. The van der Waals surface area contributed by atoms with Crippen molar-refractivity contribution in [3.05, 3.63) is 53.6 Å². The van der Waals surface area contributed by atoms with Gasteiger partial charge in [0.2, 0.25) is 0 Å². The van der Waals surface area contributed by atoms with Gasteiger partial charge in [0.05, 0.1) is 7.11 Å². The summed E-state index contributed by atoms with van der Waals surface area (Å²) >= 11 is 5.80. The lowest BCUT2D eigenvalue weighted by Crippen LogP contribution is -2.35. The maximum Gasteiger partial charge on any atom is 0.347 e. The lowest BCUT2D eigenvalue weighted by Gasteiger charge is -2.18. The van der Waals surface area contributed by atoms with Crippen LogP contribution in [0.1, 0.15) is 13.8 Å². The molecular weight excluding hydrogens is 358 g/mol. The van der Waals surface area contributed by atoms with Gasteiger partial charge in [0.25, 0.3) is 5.91 Å². The van der Waals surface area contributed by atoms with Gasteiger partial charge >= 0.3 is 5.97 Å². The highest BCUT2D eigenvalue weighted by Crippen LogP contribution is 2.18. The molecule has 1 N–H and O–H groups in total. The highest BCUT2D eigenvalue weighted by Gasteiger charge is 2.23. The summed E-state index contributed by atoms with van der Waals surface area (Å²) in [7, 11) is 1.56. The maximum atomic E-state index is 12.1. The van der Waals surface area contributed by atoms with Crippen molar-refractivity contribution in [3.63, 3.8) is 0 Å². The molecule has 26 heavy (non-hydrogen) atoms. The van der Waals surface area contributed by atoms with Crippen LogP contribution in [0.15, 0.2) is 48.5 Å². The van der Waals surface area contributed by atoms with Gasteiger partial charge in [-0.3, -0.25) is 4.79 Å². The van der Waals surface area contributed by atoms with E-state index in [0.717, 1.165) is 0 Å². The van der Waals surface area contributed by atoms with E-state index in [1.807, 2.05) is 0 Å². The Kier molecular flexibility index (Phi) is 6.86. The monoisotopic (exact) mass is 377 g/mol. The number of methoxy groups -OCH3 is 1. The second-order valence-corrected chi connectivity index (χ2v) is 5.95. The first-order chi connectivity index (χ1) is 12.4. The summed E-state index contributed by atoms with van der Waals surface area (Å²) in [5.41, 5.74) is 0.573. The number of hydrogen-bond donors (Lipinski definition) is 1. The number of esters is 1. The molecule has 0 heterocycles. The summed E-state index contributed by atoms with van der Waals surface area (Å²) in [5.74, 6) is 0.0735. The molecule has 2 aromatic carbocycles. The highest BCUT2D eigenvalue weighted by atomic mass is 35.5. The molecule has 138 valence electrons.